The number of carbonyl (C=O) groups excluding carboxylic acids is 1. The molecule has 0 radical (unpaired) electrons. The molecular weight excluding hydrogens is 334 g/mol. The molecule has 0 fully saturated rings. The van der Waals surface area contributed by atoms with E-state index in [0.717, 1.165) is 11.3 Å². The first kappa shape index (κ1) is 19.3. The molecule has 1 atom stereocenters. The number of carboxylic acid groups (broad SMARTS) is 1. The van der Waals surface area contributed by atoms with E-state index in [2.05, 4.69) is 5.32 Å². The lowest BCUT2D eigenvalue weighted by Gasteiger charge is -2.15. The van der Waals surface area contributed by atoms with Gasteiger partial charge in [-0.05, 0) is 55.3 Å². The summed E-state index contributed by atoms with van der Waals surface area (Å²) in [6.07, 6.45) is 0.725. The second-order valence-corrected chi connectivity index (χ2v) is 5.91. The van der Waals surface area contributed by atoms with Gasteiger partial charge in [0, 0.05) is 6.42 Å². The van der Waals surface area contributed by atoms with Gasteiger partial charge in [-0.15, -0.1) is 0 Å². The molecule has 2 N–H and O–H groups in total. The van der Waals surface area contributed by atoms with Crippen LogP contribution in [0.1, 0.15) is 29.3 Å². The molecule has 0 aliphatic heterocycles. The number of rotatable bonds is 9. The zero-order valence-corrected chi connectivity index (χ0v) is 14.9. The van der Waals surface area contributed by atoms with Crippen LogP contribution in [0.3, 0.4) is 0 Å². The lowest BCUT2D eigenvalue weighted by atomic mass is 10.1. The summed E-state index contributed by atoms with van der Waals surface area (Å²) in [5.41, 5.74) is 1.16. The smallest absolute Gasteiger partial charge is 0.335 e. The molecule has 1 amide bonds. The number of carbonyl (C=O) groups is 2. The third-order valence-corrected chi connectivity index (χ3v) is 3.83. The molecule has 0 bridgehead atoms. The monoisotopic (exact) mass is 357 g/mol. The molecule has 26 heavy (non-hydrogen) atoms. The van der Waals surface area contributed by atoms with Crippen molar-refractivity contribution in [3.63, 3.8) is 0 Å². The molecule has 0 saturated carbocycles. The maximum atomic E-state index is 12.0. The van der Waals surface area contributed by atoms with Crippen molar-refractivity contribution in [2.45, 2.75) is 25.9 Å². The number of aromatic carboxylic acids is 1. The Morgan fingerprint density at radius 1 is 1.04 bits per heavy atom. The highest BCUT2D eigenvalue weighted by molar-refractivity contribution is 5.87. The average molecular weight is 357 g/mol. The van der Waals surface area contributed by atoms with Crippen LogP contribution in [0, 0.1) is 0 Å². The molecule has 0 spiro atoms. The minimum absolute atomic E-state index is 0.0718. The fraction of sp³-hybridized carbons (Fsp3) is 0.300. The average Bonchev–Trinajstić information content (AvgIpc) is 2.65. The Morgan fingerprint density at radius 2 is 1.65 bits per heavy atom. The van der Waals surface area contributed by atoms with Gasteiger partial charge in [0.25, 0.3) is 0 Å². The zero-order valence-electron chi connectivity index (χ0n) is 14.9. The molecule has 0 aliphatic carbocycles. The predicted molar refractivity (Wildman–Crippen MR) is 97.8 cm³/mol. The molecule has 2 rings (SSSR count). The highest BCUT2D eigenvalue weighted by Gasteiger charge is 2.08. The van der Waals surface area contributed by atoms with Crippen molar-refractivity contribution in [2.24, 2.45) is 0 Å². The van der Waals surface area contributed by atoms with E-state index < -0.39 is 5.97 Å². The minimum Gasteiger partial charge on any atom is -0.497 e. The van der Waals surface area contributed by atoms with E-state index in [1.807, 2.05) is 31.2 Å². The van der Waals surface area contributed by atoms with E-state index in [0.29, 0.717) is 25.1 Å². The first-order valence-electron chi connectivity index (χ1n) is 8.37. The fourth-order valence-electron chi connectivity index (χ4n) is 2.35. The van der Waals surface area contributed by atoms with Gasteiger partial charge in [-0.3, -0.25) is 4.79 Å². The van der Waals surface area contributed by atoms with Gasteiger partial charge in [-0.2, -0.15) is 0 Å². The van der Waals surface area contributed by atoms with Crippen molar-refractivity contribution in [3.8, 4) is 11.5 Å². The Labute approximate surface area is 152 Å². The lowest BCUT2D eigenvalue weighted by molar-refractivity contribution is -0.121. The molecule has 6 nitrogen and oxygen atoms in total. The molecule has 0 aliphatic rings. The van der Waals surface area contributed by atoms with Crippen LogP contribution in [0.25, 0.3) is 0 Å². The Balaban J connectivity index is 1.71. The number of carboxylic acids is 1. The SMILES string of the molecule is COc1ccc(OC(C)CNC(=O)CCc2ccc(C(=O)O)cc2)cc1. The molecule has 0 saturated heterocycles. The summed E-state index contributed by atoms with van der Waals surface area (Å²) in [5, 5.41) is 11.7. The van der Waals surface area contributed by atoms with Crippen molar-refractivity contribution in [1.29, 1.82) is 0 Å². The summed E-state index contributed by atoms with van der Waals surface area (Å²) >= 11 is 0. The van der Waals surface area contributed by atoms with E-state index in [1.54, 1.807) is 31.4 Å². The van der Waals surface area contributed by atoms with Gasteiger partial charge >= 0.3 is 5.97 Å². The first-order chi connectivity index (χ1) is 12.5. The van der Waals surface area contributed by atoms with Crippen LogP contribution in [0.15, 0.2) is 48.5 Å². The molecule has 2 aromatic carbocycles. The summed E-state index contributed by atoms with van der Waals surface area (Å²) in [5.74, 6) is 0.443. The fourth-order valence-corrected chi connectivity index (χ4v) is 2.35. The maximum Gasteiger partial charge on any atom is 0.335 e. The minimum atomic E-state index is -0.958. The Bertz CT molecular complexity index is 725. The third kappa shape index (κ3) is 6.12. The van der Waals surface area contributed by atoms with Gasteiger partial charge in [-0.25, -0.2) is 4.79 Å². The number of hydrogen-bond acceptors (Lipinski definition) is 4. The molecule has 1 unspecified atom stereocenters. The van der Waals surface area contributed by atoms with E-state index >= 15 is 0 Å². The number of hydrogen-bond donors (Lipinski definition) is 2. The topological polar surface area (TPSA) is 84.9 Å². The van der Waals surface area contributed by atoms with Crippen molar-refractivity contribution in [3.05, 3.63) is 59.7 Å². The molecule has 138 valence electrons. The van der Waals surface area contributed by atoms with Gasteiger partial charge in [0.2, 0.25) is 5.91 Å². The summed E-state index contributed by atoms with van der Waals surface area (Å²) in [7, 11) is 1.61. The van der Waals surface area contributed by atoms with E-state index in [4.69, 9.17) is 14.6 Å². The molecular formula is C20H23NO5. The number of amides is 1. The summed E-state index contributed by atoms with van der Waals surface area (Å²) in [6, 6.07) is 13.8. The van der Waals surface area contributed by atoms with E-state index in [9.17, 15) is 9.59 Å². The standard InChI is InChI=1S/C20H23NO5/c1-14(26-18-10-8-17(25-2)9-11-18)13-21-19(22)12-5-15-3-6-16(7-4-15)20(23)24/h3-4,6-11,14H,5,12-13H2,1-2H3,(H,21,22)(H,23,24). The largest absolute Gasteiger partial charge is 0.497 e. The highest BCUT2D eigenvalue weighted by atomic mass is 16.5. The summed E-state index contributed by atoms with van der Waals surface area (Å²) in [6.45, 7) is 2.29. The van der Waals surface area contributed by atoms with Crippen LogP contribution < -0.4 is 14.8 Å². The first-order valence-corrected chi connectivity index (χ1v) is 8.37. The van der Waals surface area contributed by atoms with E-state index in [1.165, 1.54) is 0 Å². The highest BCUT2D eigenvalue weighted by Crippen LogP contribution is 2.18. The normalized spacial score (nSPS) is 11.5. The lowest BCUT2D eigenvalue weighted by Crippen LogP contribution is -2.33. The third-order valence-electron chi connectivity index (χ3n) is 3.83. The number of methoxy groups -OCH3 is 1. The number of ether oxygens (including phenoxy) is 2. The van der Waals surface area contributed by atoms with Crippen LogP contribution in [0.2, 0.25) is 0 Å². The predicted octanol–water partition coefficient (Wildman–Crippen LogP) is 2.91. The van der Waals surface area contributed by atoms with Gasteiger partial charge in [-0.1, -0.05) is 12.1 Å². The van der Waals surface area contributed by atoms with Gasteiger partial charge < -0.3 is 19.9 Å². The van der Waals surface area contributed by atoms with E-state index in [-0.39, 0.29) is 17.6 Å². The second kappa shape index (κ2) is 9.46. The van der Waals surface area contributed by atoms with Crippen molar-refractivity contribution in [2.75, 3.05) is 13.7 Å². The van der Waals surface area contributed by atoms with Crippen LogP contribution in [0.4, 0.5) is 0 Å². The molecule has 0 heterocycles. The van der Waals surface area contributed by atoms with Crippen molar-refractivity contribution < 1.29 is 24.2 Å². The van der Waals surface area contributed by atoms with Crippen molar-refractivity contribution in [1.82, 2.24) is 5.32 Å². The molecule has 0 aromatic heterocycles. The van der Waals surface area contributed by atoms with Gasteiger partial charge in [0.15, 0.2) is 0 Å². The van der Waals surface area contributed by atoms with Gasteiger partial charge in [0.1, 0.15) is 17.6 Å². The molecule has 2 aromatic rings. The van der Waals surface area contributed by atoms with Crippen LogP contribution >= 0.6 is 0 Å². The van der Waals surface area contributed by atoms with Crippen molar-refractivity contribution >= 4 is 11.9 Å². The maximum absolute atomic E-state index is 12.0. The number of aryl methyl sites for hydroxylation is 1. The van der Waals surface area contributed by atoms with Crippen LogP contribution in [0.5, 0.6) is 11.5 Å². The molecule has 6 heteroatoms. The zero-order chi connectivity index (χ0) is 18.9. The number of nitrogens with one attached hydrogen (secondary N) is 1. The number of benzene rings is 2. The second-order valence-electron chi connectivity index (χ2n) is 5.91. The Morgan fingerprint density at radius 3 is 2.23 bits per heavy atom. The Hall–Kier alpha value is -3.02. The van der Waals surface area contributed by atoms with Gasteiger partial charge in [0.05, 0.1) is 19.2 Å². The summed E-state index contributed by atoms with van der Waals surface area (Å²) < 4.78 is 10.8. The van der Waals surface area contributed by atoms with Crippen LogP contribution in [-0.4, -0.2) is 36.7 Å². The summed E-state index contributed by atoms with van der Waals surface area (Å²) in [4.78, 5) is 22.8. The quantitative estimate of drug-likeness (QED) is 0.721. The van der Waals surface area contributed by atoms with Crippen LogP contribution in [-0.2, 0) is 11.2 Å². The Kier molecular flexibility index (Phi) is 7.02.